The molecule has 2 heterocycles. The lowest BCUT2D eigenvalue weighted by Gasteiger charge is -2.30. The third-order valence-electron chi connectivity index (χ3n) is 4.71. The number of halogens is 1. The van der Waals surface area contributed by atoms with E-state index in [0.717, 1.165) is 40.6 Å². The van der Waals surface area contributed by atoms with E-state index < -0.39 is 6.10 Å². The number of carbonyl (C=O) groups excluding carboxylic acids is 1. The molecule has 4 rings (SSSR count). The Bertz CT molecular complexity index is 605. The fourth-order valence-corrected chi connectivity index (χ4v) is 4.52. The minimum absolute atomic E-state index is 0.135. The zero-order chi connectivity index (χ0) is 15.1. The van der Waals surface area contributed by atoms with Crippen molar-refractivity contribution in [1.82, 2.24) is 4.90 Å². The number of oxime groups is 1. The predicted octanol–water partition coefficient (Wildman–Crippen LogP) is 3.83. The molecular weight excluding hydrogens is 320 g/mol. The average molecular weight is 339 g/mol. The largest absolute Gasteiger partial charge is 0.382 e. The highest BCUT2D eigenvalue weighted by Crippen LogP contribution is 2.36. The van der Waals surface area contributed by atoms with Crippen LogP contribution in [-0.2, 0) is 9.63 Å². The molecule has 22 heavy (non-hydrogen) atoms. The lowest BCUT2D eigenvalue weighted by molar-refractivity contribution is -0.145. The molecule has 0 aromatic carbocycles. The molecule has 0 saturated heterocycles. The predicted molar refractivity (Wildman–Crippen MR) is 87.5 cm³/mol. The van der Waals surface area contributed by atoms with Crippen molar-refractivity contribution in [2.45, 2.75) is 63.1 Å². The van der Waals surface area contributed by atoms with Crippen LogP contribution in [0.25, 0.3) is 0 Å². The molecule has 118 valence electrons. The molecule has 0 unspecified atom stereocenters. The number of hydrogen-bond donors (Lipinski definition) is 0. The Labute approximate surface area is 139 Å². The first-order chi connectivity index (χ1) is 10.7. The summed E-state index contributed by atoms with van der Waals surface area (Å²) in [6.07, 6.45) is 7.16. The molecule has 0 spiro atoms. The molecule has 6 heteroatoms. The molecule has 0 bridgehead atoms. The van der Waals surface area contributed by atoms with Gasteiger partial charge in [0.15, 0.2) is 0 Å². The van der Waals surface area contributed by atoms with Crippen LogP contribution in [0.1, 0.15) is 49.8 Å². The number of nitrogens with zero attached hydrogens (tertiary/aromatic N) is 2. The summed E-state index contributed by atoms with van der Waals surface area (Å²) in [5.74, 6) is 0.135. The molecule has 1 atom stereocenters. The van der Waals surface area contributed by atoms with E-state index in [1.165, 1.54) is 24.2 Å². The first-order valence-electron chi connectivity index (χ1n) is 8.03. The number of amides is 1. The van der Waals surface area contributed by atoms with Crippen molar-refractivity contribution in [3.05, 3.63) is 21.3 Å². The molecule has 4 nitrogen and oxygen atoms in total. The summed E-state index contributed by atoms with van der Waals surface area (Å²) in [6, 6.07) is 4.66. The molecule has 1 aliphatic heterocycles. The minimum atomic E-state index is -0.447. The van der Waals surface area contributed by atoms with Crippen LogP contribution in [0, 0.1) is 0 Å². The summed E-state index contributed by atoms with van der Waals surface area (Å²) in [7, 11) is 0. The van der Waals surface area contributed by atoms with Crippen LogP contribution < -0.4 is 0 Å². The van der Waals surface area contributed by atoms with Crippen molar-refractivity contribution < 1.29 is 9.63 Å². The summed E-state index contributed by atoms with van der Waals surface area (Å²) >= 11 is 7.45. The van der Waals surface area contributed by atoms with Gasteiger partial charge in [0.25, 0.3) is 5.91 Å². The maximum Gasteiger partial charge on any atom is 0.267 e. The Hall–Kier alpha value is -1.07. The van der Waals surface area contributed by atoms with Crippen molar-refractivity contribution in [2.75, 3.05) is 0 Å². The first kappa shape index (κ1) is 14.5. The molecule has 2 saturated carbocycles. The normalized spacial score (nSPS) is 25.1. The average Bonchev–Trinajstić information content (AvgIpc) is 2.97. The van der Waals surface area contributed by atoms with Crippen LogP contribution in [0.5, 0.6) is 0 Å². The highest BCUT2D eigenvalue weighted by atomic mass is 35.5. The molecular formula is C16H19ClN2O2S. The summed E-state index contributed by atoms with van der Waals surface area (Å²) in [6.45, 7) is 0. The van der Waals surface area contributed by atoms with E-state index in [1.54, 1.807) is 0 Å². The van der Waals surface area contributed by atoms with E-state index >= 15 is 0 Å². The summed E-state index contributed by atoms with van der Waals surface area (Å²) in [5, 5.41) is 4.13. The van der Waals surface area contributed by atoms with Crippen molar-refractivity contribution in [3.63, 3.8) is 0 Å². The van der Waals surface area contributed by atoms with Crippen LogP contribution in [0.15, 0.2) is 17.3 Å². The minimum Gasteiger partial charge on any atom is -0.382 e. The third kappa shape index (κ3) is 2.76. The molecule has 1 amide bonds. The fraction of sp³-hybridized carbons (Fsp3) is 0.625. The van der Waals surface area contributed by atoms with Crippen molar-refractivity contribution in [1.29, 1.82) is 0 Å². The molecule has 3 aliphatic rings. The fourth-order valence-electron chi connectivity index (χ4n) is 3.48. The molecule has 0 N–H and O–H groups in total. The quantitative estimate of drug-likeness (QED) is 0.837. The van der Waals surface area contributed by atoms with Gasteiger partial charge in [-0.15, -0.1) is 11.3 Å². The van der Waals surface area contributed by atoms with Gasteiger partial charge in [0, 0.05) is 18.5 Å². The Balaban J connectivity index is 1.45. The van der Waals surface area contributed by atoms with E-state index in [0.29, 0.717) is 18.5 Å². The van der Waals surface area contributed by atoms with Crippen LogP contribution >= 0.6 is 22.9 Å². The van der Waals surface area contributed by atoms with E-state index in [2.05, 4.69) is 10.1 Å². The second-order valence-corrected chi connectivity index (χ2v) is 8.07. The Morgan fingerprint density at radius 2 is 1.95 bits per heavy atom. The van der Waals surface area contributed by atoms with Crippen LogP contribution in [-0.4, -0.2) is 34.7 Å². The van der Waals surface area contributed by atoms with Gasteiger partial charge in [-0.25, -0.2) is 0 Å². The first-order valence-corrected chi connectivity index (χ1v) is 9.22. The van der Waals surface area contributed by atoms with E-state index in [4.69, 9.17) is 16.4 Å². The Morgan fingerprint density at radius 3 is 2.59 bits per heavy atom. The Kier molecular flexibility index (Phi) is 3.86. The van der Waals surface area contributed by atoms with Gasteiger partial charge in [0.2, 0.25) is 6.10 Å². The van der Waals surface area contributed by atoms with E-state index in [1.807, 2.05) is 12.1 Å². The smallest absolute Gasteiger partial charge is 0.267 e. The standard InChI is InChI=1S/C16H19ClN2O2S/c17-15-8-7-14(22-15)12-9-13(21-18-12)16(20)19(11-5-6-11)10-3-1-2-4-10/h7-8,10-11,13H,1-6,9H2/t13-/m0/s1. The summed E-state index contributed by atoms with van der Waals surface area (Å²) in [5.41, 5.74) is 0.845. The van der Waals surface area contributed by atoms with Gasteiger partial charge >= 0.3 is 0 Å². The lowest BCUT2D eigenvalue weighted by atomic mass is 10.1. The molecule has 2 fully saturated rings. The second kappa shape index (κ2) is 5.85. The second-order valence-electron chi connectivity index (χ2n) is 6.35. The van der Waals surface area contributed by atoms with Gasteiger partial charge < -0.3 is 9.74 Å². The highest BCUT2D eigenvalue weighted by Gasteiger charge is 2.43. The molecule has 2 aliphatic carbocycles. The number of thiophene rings is 1. The third-order valence-corrected chi connectivity index (χ3v) is 5.99. The van der Waals surface area contributed by atoms with Gasteiger partial charge in [-0.2, -0.15) is 0 Å². The summed E-state index contributed by atoms with van der Waals surface area (Å²) in [4.78, 5) is 21.5. The number of carbonyl (C=O) groups is 1. The molecule has 0 radical (unpaired) electrons. The van der Waals surface area contributed by atoms with Gasteiger partial charge in [-0.1, -0.05) is 29.6 Å². The van der Waals surface area contributed by atoms with Crippen LogP contribution in [0.4, 0.5) is 0 Å². The summed E-state index contributed by atoms with van der Waals surface area (Å²) < 4.78 is 0.734. The van der Waals surface area contributed by atoms with E-state index in [-0.39, 0.29) is 5.91 Å². The maximum absolute atomic E-state index is 12.9. The van der Waals surface area contributed by atoms with Crippen molar-refractivity contribution in [3.8, 4) is 0 Å². The molecule has 1 aromatic heterocycles. The number of rotatable bonds is 4. The highest BCUT2D eigenvalue weighted by molar-refractivity contribution is 7.18. The zero-order valence-electron chi connectivity index (χ0n) is 12.3. The van der Waals surface area contributed by atoms with E-state index in [9.17, 15) is 4.79 Å². The zero-order valence-corrected chi connectivity index (χ0v) is 13.9. The van der Waals surface area contributed by atoms with Crippen LogP contribution in [0.3, 0.4) is 0 Å². The molecule has 1 aromatic rings. The maximum atomic E-state index is 12.9. The number of hydrogen-bond acceptors (Lipinski definition) is 4. The van der Waals surface area contributed by atoms with Crippen molar-refractivity contribution in [2.24, 2.45) is 5.16 Å². The monoisotopic (exact) mass is 338 g/mol. The van der Waals surface area contributed by atoms with Crippen molar-refractivity contribution >= 4 is 34.6 Å². The topological polar surface area (TPSA) is 41.9 Å². The lowest BCUT2D eigenvalue weighted by Crippen LogP contribution is -2.46. The van der Waals surface area contributed by atoms with Gasteiger partial charge in [-0.05, 0) is 37.8 Å². The van der Waals surface area contributed by atoms with Gasteiger partial charge in [0.05, 0.1) is 9.21 Å². The van der Waals surface area contributed by atoms with Gasteiger partial charge in [0.1, 0.15) is 5.71 Å². The van der Waals surface area contributed by atoms with Crippen LogP contribution in [0.2, 0.25) is 4.34 Å². The Morgan fingerprint density at radius 1 is 1.23 bits per heavy atom. The van der Waals surface area contributed by atoms with Gasteiger partial charge in [-0.3, -0.25) is 4.79 Å². The SMILES string of the molecule is O=C([C@@H]1CC(c2ccc(Cl)s2)=NO1)N(C1CCCC1)C1CC1.